The molecule has 8 heteroatoms. The Morgan fingerprint density at radius 1 is 0.587 bits per heavy atom. The van der Waals surface area contributed by atoms with Gasteiger partial charge in [0.05, 0.1) is 52.3 Å². The Morgan fingerprint density at radius 3 is 1.46 bits per heavy atom. The number of aliphatic hydroxyl groups excluding tert-OH is 2. The Labute approximate surface area is 271 Å². The van der Waals surface area contributed by atoms with Crippen molar-refractivity contribution < 1.29 is 34.3 Å². The van der Waals surface area contributed by atoms with E-state index in [0.717, 1.165) is 22.3 Å². The maximum atomic E-state index is 12.5. The summed E-state index contributed by atoms with van der Waals surface area (Å²) >= 11 is 0. The number of benzene rings is 4. The average molecular weight is 628 g/mol. The van der Waals surface area contributed by atoms with E-state index in [9.17, 15) is 15.3 Å². The van der Waals surface area contributed by atoms with Crippen LogP contribution >= 0.6 is 0 Å². The van der Waals surface area contributed by atoms with Crippen LogP contribution in [0.15, 0.2) is 121 Å². The zero-order chi connectivity index (χ0) is 32.0. The van der Waals surface area contributed by atoms with Crippen LogP contribution in [-0.2, 0) is 45.4 Å². The lowest BCUT2D eigenvalue weighted by Crippen LogP contribution is -2.70. The van der Waals surface area contributed by atoms with E-state index in [1.807, 2.05) is 121 Å². The van der Waals surface area contributed by atoms with Gasteiger partial charge in [-0.2, -0.15) is 0 Å². The molecule has 244 valence electrons. The number of aliphatic hydroxyl groups is 3. The van der Waals surface area contributed by atoms with Gasteiger partial charge in [0.1, 0.15) is 23.9 Å². The predicted octanol–water partition coefficient (Wildman–Crippen LogP) is 4.41. The van der Waals surface area contributed by atoms with Crippen LogP contribution in [0.3, 0.4) is 0 Å². The zero-order valence-electron chi connectivity index (χ0n) is 26.1. The van der Waals surface area contributed by atoms with Crippen LogP contribution < -0.4 is 5.32 Å². The van der Waals surface area contributed by atoms with Crippen LogP contribution in [0.2, 0.25) is 0 Å². The van der Waals surface area contributed by atoms with Gasteiger partial charge < -0.3 is 39.6 Å². The molecule has 0 bridgehead atoms. The molecule has 1 saturated carbocycles. The SMILES string of the molecule is OCC(CO)N[C@H]1C[C@@](O)(COCc2ccccc2)[C@H](OCc2ccccc2)[C@@H](OCc2ccccc2)[C@@H]1OCc1ccccc1. The minimum atomic E-state index is -1.51. The van der Waals surface area contributed by atoms with E-state index in [0.29, 0.717) is 13.2 Å². The largest absolute Gasteiger partial charge is 0.395 e. The van der Waals surface area contributed by atoms with E-state index < -0.39 is 36.0 Å². The van der Waals surface area contributed by atoms with Gasteiger partial charge in [-0.05, 0) is 28.7 Å². The highest BCUT2D eigenvalue weighted by Gasteiger charge is 2.55. The molecule has 1 fully saturated rings. The average Bonchev–Trinajstić information content (AvgIpc) is 3.10. The topological polar surface area (TPSA) is 110 Å². The third-order valence-corrected chi connectivity index (χ3v) is 8.32. The lowest BCUT2D eigenvalue weighted by molar-refractivity contribution is -0.256. The van der Waals surface area contributed by atoms with Gasteiger partial charge in [0.2, 0.25) is 0 Å². The van der Waals surface area contributed by atoms with Gasteiger partial charge in [-0.1, -0.05) is 121 Å². The summed E-state index contributed by atoms with van der Waals surface area (Å²) in [5.41, 5.74) is 2.38. The Balaban J connectivity index is 1.48. The molecule has 0 saturated heterocycles. The van der Waals surface area contributed by atoms with Crippen LogP contribution in [0.1, 0.15) is 28.7 Å². The third-order valence-electron chi connectivity index (χ3n) is 8.32. The fraction of sp³-hybridized carbons (Fsp3) is 0.368. The minimum absolute atomic E-state index is 0.0287. The Morgan fingerprint density at radius 2 is 1.00 bits per heavy atom. The second-order valence-corrected chi connectivity index (χ2v) is 11.9. The quantitative estimate of drug-likeness (QED) is 0.136. The molecule has 1 aliphatic carbocycles. The molecule has 46 heavy (non-hydrogen) atoms. The summed E-state index contributed by atoms with van der Waals surface area (Å²) < 4.78 is 26.1. The first-order chi connectivity index (χ1) is 22.6. The molecule has 1 aliphatic rings. The first-order valence-corrected chi connectivity index (χ1v) is 15.9. The first kappa shape index (κ1) is 33.9. The van der Waals surface area contributed by atoms with E-state index in [-0.39, 0.29) is 39.5 Å². The molecule has 5 rings (SSSR count). The molecular formula is C38H45NO7. The van der Waals surface area contributed by atoms with Crippen LogP contribution in [0.5, 0.6) is 0 Å². The standard InChI is InChI=1S/C38H45NO7/c40-22-33(23-41)39-34-21-38(42,28-43-24-29-13-5-1-6-14-29)37(46-27-32-19-11-4-12-20-32)36(45-26-31-17-9-3-10-18-31)35(34)44-25-30-15-7-2-8-16-30/h1-20,33-37,39-42H,21-28H2/t34-,35+,36-,37+,38+/m0/s1. The Kier molecular flexibility index (Phi) is 12.9. The molecule has 8 nitrogen and oxygen atoms in total. The van der Waals surface area contributed by atoms with Gasteiger partial charge >= 0.3 is 0 Å². The third kappa shape index (κ3) is 9.54. The summed E-state index contributed by atoms with van der Waals surface area (Å²) in [4.78, 5) is 0. The molecule has 0 radical (unpaired) electrons. The summed E-state index contributed by atoms with van der Waals surface area (Å²) in [6, 6.07) is 38.2. The van der Waals surface area contributed by atoms with Crippen LogP contribution in [0, 0.1) is 0 Å². The maximum absolute atomic E-state index is 12.5. The highest BCUT2D eigenvalue weighted by atomic mass is 16.6. The zero-order valence-corrected chi connectivity index (χ0v) is 26.1. The normalized spacial score (nSPS) is 23.0. The predicted molar refractivity (Wildman–Crippen MR) is 176 cm³/mol. The van der Waals surface area contributed by atoms with Gasteiger partial charge in [-0.15, -0.1) is 0 Å². The monoisotopic (exact) mass is 627 g/mol. The molecular weight excluding hydrogens is 582 g/mol. The highest BCUT2D eigenvalue weighted by molar-refractivity contribution is 5.18. The van der Waals surface area contributed by atoms with E-state index in [1.54, 1.807) is 0 Å². The summed E-state index contributed by atoms with van der Waals surface area (Å²) in [7, 11) is 0. The van der Waals surface area contributed by atoms with Crippen molar-refractivity contribution in [3.05, 3.63) is 144 Å². The number of ether oxygens (including phenoxy) is 4. The molecule has 0 heterocycles. The van der Waals surface area contributed by atoms with Gasteiger partial charge in [-0.25, -0.2) is 0 Å². The molecule has 0 spiro atoms. The second kappa shape index (κ2) is 17.5. The van der Waals surface area contributed by atoms with E-state index in [1.165, 1.54) is 0 Å². The van der Waals surface area contributed by atoms with Crippen LogP contribution in [0.4, 0.5) is 0 Å². The van der Waals surface area contributed by atoms with Crippen LogP contribution in [-0.4, -0.2) is 71.1 Å². The molecule has 5 atom stereocenters. The lowest BCUT2D eigenvalue weighted by Gasteiger charge is -2.51. The van der Waals surface area contributed by atoms with E-state index in [2.05, 4.69) is 5.32 Å². The molecule has 0 unspecified atom stereocenters. The van der Waals surface area contributed by atoms with Crippen molar-refractivity contribution >= 4 is 0 Å². The minimum Gasteiger partial charge on any atom is -0.395 e. The lowest BCUT2D eigenvalue weighted by atomic mass is 9.75. The maximum Gasteiger partial charge on any atom is 0.118 e. The number of nitrogens with one attached hydrogen (secondary N) is 1. The Bertz CT molecular complexity index is 1390. The van der Waals surface area contributed by atoms with Gasteiger partial charge in [0.15, 0.2) is 0 Å². The van der Waals surface area contributed by atoms with Crippen molar-refractivity contribution in [3.63, 3.8) is 0 Å². The fourth-order valence-corrected chi connectivity index (χ4v) is 5.94. The second-order valence-electron chi connectivity index (χ2n) is 11.9. The molecule has 4 aromatic carbocycles. The van der Waals surface area contributed by atoms with Gasteiger partial charge in [-0.3, -0.25) is 0 Å². The number of hydrogen-bond donors (Lipinski definition) is 4. The van der Waals surface area contributed by atoms with Crippen molar-refractivity contribution in [2.24, 2.45) is 0 Å². The van der Waals surface area contributed by atoms with E-state index in [4.69, 9.17) is 18.9 Å². The number of rotatable bonds is 17. The van der Waals surface area contributed by atoms with Crippen molar-refractivity contribution in [2.45, 2.75) is 68.8 Å². The van der Waals surface area contributed by atoms with Gasteiger partial charge in [0, 0.05) is 6.04 Å². The smallest absolute Gasteiger partial charge is 0.118 e. The van der Waals surface area contributed by atoms with Crippen LogP contribution in [0.25, 0.3) is 0 Å². The highest BCUT2D eigenvalue weighted by Crippen LogP contribution is 2.37. The van der Waals surface area contributed by atoms with Crippen molar-refractivity contribution in [1.29, 1.82) is 0 Å². The van der Waals surface area contributed by atoms with Crippen molar-refractivity contribution in [2.75, 3.05) is 19.8 Å². The Hall–Kier alpha value is -3.44. The first-order valence-electron chi connectivity index (χ1n) is 15.9. The summed E-state index contributed by atoms with van der Waals surface area (Å²) in [6.07, 6.45) is -2.03. The molecule has 0 aliphatic heterocycles. The molecule has 0 amide bonds. The van der Waals surface area contributed by atoms with Crippen molar-refractivity contribution in [1.82, 2.24) is 5.32 Å². The van der Waals surface area contributed by atoms with E-state index >= 15 is 0 Å². The van der Waals surface area contributed by atoms with Gasteiger partial charge in [0.25, 0.3) is 0 Å². The fourth-order valence-electron chi connectivity index (χ4n) is 5.94. The molecule has 0 aromatic heterocycles. The van der Waals surface area contributed by atoms with Crippen molar-refractivity contribution in [3.8, 4) is 0 Å². The summed E-state index contributed by atoms with van der Waals surface area (Å²) in [6.45, 7) is 0.517. The molecule has 4 aromatic rings. The molecule has 4 N–H and O–H groups in total. The summed E-state index contributed by atoms with van der Waals surface area (Å²) in [5, 5.41) is 35.9. The number of hydrogen-bond acceptors (Lipinski definition) is 8. The summed E-state index contributed by atoms with van der Waals surface area (Å²) in [5.74, 6) is 0.